The Hall–Kier alpha value is -0.420. The Labute approximate surface area is 131 Å². The molecule has 1 aromatic heterocycles. The first-order chi connectivity index (χ1) is 10.3. The molecule has 1 unspecified atom stereocenters. The van der Waals surface area contributed by atoms with Gasteiger partial charge in [0.1, 0.15) is 0 Å². The van der Waals surface area contributed by atoms with E-state index in [4.69, 9.17) is 9.47 Å². The Morgan fingerprint density at radius 3 is 3.00 bits per heavy atom. The van der Waals surface area contributed by atoms with Gasteiger partial charge in [-0.1, -0.05) is 6.07 Å². The van der Waals surface area contributed by atoms with Crippen LogP contribution in [0.5, 0.6) is 0 Å². The number of hydrogen-bond acceptors (Lipinski definition) is 4. The normalized spacial score (nSPS) is 28.1. The van der Waals surface area contributed by atoms with Crippen molar-refractivity contribution in [2.24, 2.45) is 11.8 Å². The standard InChI is InChI=1S/C17H25NO2S/c1-2-16(21-9-1)10-18-12-17(13-18)15(6-8-20-17)5-7-19-11-14-3-4-14/h1-2,9,14-15H,3-8,10-13H2. The summed E-state index contributed by atoms with van der Waals surface area (Å²) in [5.41, 5.74) is 0.153. The van der Waals surface area contributed by atoms with Gasteiger partial charge in [0.25, 0.3) is 0 Å². The zero-order valence-corrected chi connectivity index (χ0v) is 13.4. The molecule has 116 valence electrons. The minimum atomic E-state index is 0.153. The molecule has 21 heavy (non-hydrogen) atoms. The fourth-order valence-corrected chi connectivity index (χ4v) is 4.49. The highest BCUT2D eigenvalue weighted by atomic mass is 32.1. The molecule has 1 saturated carbocycles. The molecule has 0 aromatic carbocycles. The molecule has 4 heteroatoms. The Morgan fingerprint density at radius 1 is 1.33 bits per heavy atom. The van der Waals surface area contributed by atoms with Crippen LogP contribution in [0, 0.1) is 11.8 Å². The molecule has 0 radical (unpaired) electrons. The number of thiophene rings is 1. The van der Waals surface area contributed by atoms with E-state index in [1.165, 1.54) is 30.6 Å². The number of ether oxygens (including phenoxy) is 2. The first kappa shape index (κ1) is 14.2. The van der Waals surface area contributed by atoms with Gasteiger partial charge < -0.3 is 9.47 Å². The van der Waals surface area contributed by atoms with E-state index >= 15 is 0 Å². The number of rotatable bonds is 7. The lowest BCUT2D eigenvalue weighted by Crippen LogP contribution is -2.64. The molecular formula is C17H25NO2S. The molecule has 3 nitrogen and oxygen atoms in total. The second-order valence-electron chi connectivity index (χ2n) is 6.93. The van der Waals surface area contributed by atoms with E-state index < -0.39 is 0 Å². The summed E-state index contributed by atoms with van der Waals surface area (Å²) in [6.45, 7) is 6.17. The first-order valence-corrected chi connectivity index (χ1v) is 9.18. The lowest BCUT2D eigenvalue weighted by Gasteiger charge is -2.50. The Kier molecular flexibility index (Phi) is 4.05. The second kappa shape index (κ2) is 5.99. The molecule has 0 amide bonds. The quantitative estimate of drug-likeness (QED) is 0.722. The van der Waals surface area contributed by atoms with Gasteiger partial charge in [0, 0.05) is 44.3 Å². The number of nitrogens with zero attached hydrogens (tertiary/aromatic N) is 1. The third-order valence-electron chi connectivity index (χ3n) is 5.20. The molecule has 3 aliphatic rings. The average molecular weight is 307 g/mol. The molecule has 0 bridgehead atoms. The molecule has 4 rings (SSSR count). The van der Waals surface area contributed by atoms with Gasteiger partial charge in [-0.2, -0.15) is 0 Å². The highest BCUT2D eigenvalue weighted by molar-refractivity contribution is 7.09. The van der Waals surface area contributed by atoms with Gasteiger partial charge in [-0.25, -0.2) is 0 Å². The lowest BCUT2D eigenvalue weighted by atomic mass is 9.79. The predicted molar refractivity (Wildman–Crippen MR) is 84.5 cm³/mol. The van der Waals surface area contributed by atoms with Crippen LogP contribution in [-0.2, 0) is 16.0 Å². The Balaban J connectivity index is 1.22. The smallest absolute Gasteiger partial charge is 0.0964 e. The van der Waals surface area contributed by atoms with Crippen molar-refractivity contribution in [2.45, 2.75) is 37.8 Å². The molecular weight excluding hydrogens is 282 g/mol. The van der Waals surface area contributed by atoms with Crippen molar-refractivity contribution in [3.63, 3.8) is 0 Å². The summed E-state index contributed by atoms with van der Waals surface area (Å²) in [6, 6.07) is 4.37. The molecule has 2 aliphatic heterocycles. The fourth-order valence-electron chi connectivity index (χ4n) is 3.75. The Morgan fingerprint density at radius 2 is 2.24 bits per heavy atom. The van der Waals surface area contributed by atoms with Gasteiger partial charge in [-0.15, -0.1) is 11.3 Å². The largest absolute Gasteiger partial charge is 0.381 e. The molecule has 1 aromatic rings. The van der Waals surface area contributed by atoms with E-state index in [0.717, 1.165) is 45.4 Å². The van der Waals surface area contributed by atoms with Crippen molar-refractivity contribution < 1.29 is 9.47 Å². The summed E-state index contributed by atoms with van der Waals surface area (Å²) in [4.78, 5) is 3.99. The summed E-state index contributed by atoms with van der Waals surface area (Å²) in [6.07, 6.45) is 5.17. The van der Waals surface area contributed by atoms with E-state index in [0.29, 0.717) is 5.92 Å². The summed E-state index contributed by atoms with van der Waals surface area (Å²) in [5, 5.41) is 2.16. The minimum absolute atomic E-state index is 0.153. The Bertz CT molecular complexity index is 451. The molecule has 1 spiro atoms. The van der Waals surface area contributed by atoms with Crippen LogP contribution in [0.25, 0.3) is 0 Å². The van der Waals surface area contributed by atoms with Gasteiger partial charge >= 0.3 is 0 Å². The SMILES string of the molecule is c1csc(CN2CC3(C2)OCCC3CCOCC2CC2)c1. The van der Waals surface area contributed by atoms with E-state index in [1.54, 1.807) is 0 Å². The maximum absolute atomic E-state index is 6.14. The highest BCUT2D eigenvalue weighted by Crippen LogP contribution is 2.42. The molecule has 1 aliphatic carbocycles. The van der Waals surface area contributed by atoms with E-state index in [2.05, 4.69) is 22.4 Å². The van der Waals surface area contributed by atoms with Crippen LogP contribution in [0.4, 0.5) is 0 Å². The average Bonchev–Trinajstić information content (AvgIpc) is 2.96. The number of hydrogen-bond donors (Lipinski definition) is 0. The van der Waals surface area contributed by atoms with Crippen LogP contribution in [0.1, 0.15) is 30.6 Å². The van der Waals surface area contributed by atoms with Crippen molar-refractivity contribution in [1.29, 1.82) is 0 Å². The van der Waals surface area contributed by atoms with Crippen LogP contribution in [-0.4, -0.2) is 43.4 Å². The van der Waals surface area contributed by atoms with Crippen LogP contribution in [0.2, 0.25) is 0 Å². The van der Waals surface area contributed by atoms with Gasteiger partial charge in [-0.3, -0.25) is 4.90 Å². The van der Waals surface area contributed by atoms with Crippen molar-refractivity contribution in [3.05, 3.63) is 22.4 Å². The van der Waals surface area contributed by atoms with Crippen molar-refractivity contribution in [1.82, 2.24) is 4.90 Å². The molecule has 1 atom stereocenters. The topological polar surface area (TPSA) is 21.7 Å². The summed E-state index contributed by atoms with van der Waals surface area (Å²) < 4.78 is 12.0. The minimum Gasteiger partial charge on any atom is -0.381 e. The lowest BCUT2D eigenvalue weighted by molar-refractivity contribution is -0.138. The van der Waals surface area contributed by atoms with Crippen LogP contribution >= 0.6 is 11.3 Å². The molecule has 0 N–H and O–H groups in total. The van der Waals surface area contributed by atoms with Crippen LogP contribution < -0.4 is 0 Å². The van der Waals surface area contributed by atoms with Crippen molar-refractivity contribution in [3.8, 4) is 0 Å². The molecule has 3 fully saturated rings. The van der Waals surface area contributed by atoms with Crippen LogP contribution in [0.3, 0.4) is 0 Å². The van der Waals surface area contributed by atoms with Gasteiger partial charge in [0.2, 0.25) is 0 Å². The van der Waals surface area contributed by atoms with E-state index in [-0.39, 0.29) is 5.60 Å². The zero-order valence-electron chi connectivity index (χ0n) is 12.6. The second-order valence-corrected chi connectivity index (χ2v) is 7.96. The van der Waals surface area contributed by atoms with Crippen molar-refractivity contribution >= 4 is 11.3 Å². The molecule has 2 saturated heterocycles. The maximum atomic E-state index is 6.14. The first-order valence-electron chi connectivity index (χ1n) is 8.30. The maximum Gasteiger partial charge on any atom is 0.0964 e. The fraction of sp³-hybridized carbons (Fsp3) is 0.765. The van der Waals surface area contributed by atoms with E-state index in [1.807, 2.05) is 11.3 Å². The highest BCUT2D eigenvalue weighted by Gasteiger charge is 2.52. The van der Waals surface area contributed by atoms with E-state index in [9.17, 15) is 0 Å². The molecule has 3 heterocycles. The zero-order chi connectivity index (χ0) is 14.1. The van der Waals surface area contributed by atoms with Gasteiger partial charge in [-0.05, 0) is 49.0 Å². The summed E-state index contributed by atoms with van der Waals surface area (Å²) in [7, 11) is 0. The van der Waals surface area contributed by atoms with Crippen LogP contribution in [0.15, 0.2) is 17.5 Å². The number of likely N-dealkylation sites (tertiary alicyclic amines) is 1. The predicted octanol–water partition coefficient (Wildman–Crippen LogP) is 3.16. The summed E-state index contributed by atoms with van der Waals surface area (Å²) >= 11 is 1.86. The van der Waals surface area contributed by atoms with Gasteiger partial charge in [0.15, 0.2) is 0 Å². The van der Waals surface area contributed by atoms with Gasteiger partial charge in [0.05, 0.1) is 5.60 Å². The monoisotopic (exact) mass is 307 g/mol. The van der Waals surface area contributed by atoms with Crippen molar-refractivity contribution in [2.75, 3.05) is 32.9 Å². The third kappa shape index (κ3) is 3.19. The summed E-state index contributed by atoms with van der Waals surface area (Å²) in [5.74, 6) is 1.58. The third-order valence-corrected chi connectivity index (χ3v) is 6.06.